The van der Waals surface area contributed by atoms with Crippen LogP contribution in [0.3, 0.4) is 0 Å². The lowest BCUT2D eigenvalue weighted by Crippen LogP contribution is -2.29. The molecule has 1 saturated carbocycles. The number of unbranched alkanes of at least 4 members (excludes halogenated alkanes) is 1. The highest BCUT2D eigenvalue weighted by atomic mass is 16.5. The van der Waals surface area contributed by atoms with Gasteiger partial charge in [0.1, 0.15) is 5.75 Å². The lowest BCUT2D eigenvalue weighted by molar-refractivity contribution is -0.141. The topological polar surface area (TPSA) is 114 Å². The van der Waals surface area contributed by atoms with Crippen LogP contribution in [0.4, 0.5) is 11.4 Å². The van der Waals surface area contributed by atoms with E-state index in [0.29, 0.717) is 17.1 Å². The summed E-state index contributed by atoms with van der Waals surface area (Å²) in [6.07, 6.45) is 10.7. The van der Waals surface area contributed by atoms with Crippen molar-refractivity contribution < 1.29 is 23.8 Å². The normalized spacial score (nSPS) is 18.3. The Morgan fingerprint density at radius 2 is 1.66 bits per heavy atom. The van der Waals surface area contributed by atoms with Crippen LogP contribution in [0.25, 0.3) is 6.08 Å². The van der Waals surface area contributed by atoms with Crippen molar-refractivity contribution in [3.05, 3.63) is 59.7 Å². The van der Waals surface area contributed by atoms with Crippen molar-refractivity contribution in [1.82, 2.24) is 0 Å². The van der Waals surface area contributed by atoms with Crippen LogP contribution in [0, 0.1) is 5.92 Å². The van der Waals surface area contributed by atoms with E-state index in [1.54, 1.807) is 24.3 Å². The lowest BCUT2D eigenvalue weighted by atomic mass is 9.87. The van der Waals surface area contributed by atoms with Crippen LogP contribution in [-0.4, -0.2) is 31.3 Å². The molecule has 1 fully saturated rings. The SMILES string of the molecule is CCCCC(COC(=O)/C=C/c1ccc(OC(=O)C2CCC(OCCC)CC2)cc1)c1cc(N)cc(N)c1. The Kier molecular flexibility index (Phi) is 11.7. The van der Waals surface area contributed by atoms with E-state index >= 15 is 0 Å². The number of benzene rings is 2. The van der Waals surface area contributed by atoms with Gasteiger partial charge in [0, 0.05) is 30.0 Å². The molecule has 0 heterocycles. The molecule has 2 aromatic rings. The van der Waals surface area contributed by atoms with Gasteiger partial charge in [-0.2, -0.15) is 0 Å². The summed E-state index contributed by atoms with van der Waals surface area (Å²) in [6, 6.07) is 12.6. The summed E-state index contributed by atoms with van der Waals surface area (Å²) in [4.78, 5) is 25.0. The highest BCUT2D eigenvalue weighted by molar-refractivity contribution is 5.87. The second-order valence-electron chi connectivity index (χ2n) is 10.1. The van der Waals surface area contributed by atoms with E-state index in [1.165, 1.54) is 6.08 Å². The van der Waals surface area contributed by atoms with Crippen molar-refractivity contribution in [1.29, 1.82) is 0 Å². The molecule has 0 aromatic heterocycles. The average Bonchev–Trinajstić information content (AvgIpc) is 2.91. The number of ether oxygens (including phenoxy) is 3. The molecule has 2 aromatic carbocycles. The second kappa shape index (κ2) is 15.2. The number of hydrogen-bond donors (Lipinski definition) is 2. The summed E-state index contributed by atoms with van der Waals surface area (Å²) < 4.78 is 16.9. The fraction of sp³-hybridized carbons (Fsp3) is 0.484. The molecule has 1 atom stereocenters. The quantitative estimate of drug-likeness (QED) is 0.138. The highest BCUT2D eigenvalue weighted by Gasteiger charge is 2.28. The van der Waals surface area contributed by atoms with Crippen LogP contribution in [-0.2, 0) is 19.1 Å². The first kappa shape index (κ1) is 29.2. The number of rotatable bonds is 13. The first-order valence-electron chi connectivity index (χ1n) is 13.8. The number of nitrogens with two attached hydrogens (primary N) is 2. The summed E-state index contributed by atoms with van der Waals surface area (Å²) >= 11 is 0. The Bertz CT molecular complexity index is 1040. The lowest BCUT2D eigenvalue weighted by Gasteiger charge is -2.27. The van der Waals surface area contributed by atoms with E-state index in [0.717, 1.165) is 69.1 Å². The fourth-order valence-electron chi connectivity index (χ4n) is 4.73. The van der Waals surface area contributed by atoms with E-state index in [2.05, 4.69) is 13.8 Å². The highest BCUT2D eigenvalue weighted by Crippen LogP contribution is 2.29. The van der Waals surface area contributed by atoms with Gasteiger partial charge in [0.2, 0.25) is 0 Å². The minimum absolute atomic E-state index is 0.0333. The standard InChI is InChI=1S/C31H42N2O5/c1-3-5-6-24(25-18-26(32)20-27(33)19-25)21-37-30(34)16-9-22-7-12-29(13-8-22)38-31(35)23-10-14-28(15-11-23)36-17-4-2/h7-9,12-13,16,18-20,23-24,28H,3-6,10-11,14-15,17,21,32-33H2,1-2H3/b16-9+. The zero-order valence-electron chi connectivity index (χ0n) is 22.7. The molecule has 4 N–H and O–H groups in total. The molecular formula is C31H42N2O5. The van der Waals surface area contributed by atoms with Gasteiger partial charge in [0.15, 0.2) is 0 Å². The first-order valence-corrected chi connectivity index (χ1v) is 13.8. The van der Waals surface area contributed by atoms with Crippen molar-refractivity contribution in [2.24, 2.45) is 5.92 Å². The van der Waals surface area contributed by atoms with Gasteiger partial charge in [-0.25, -0.2) is 4.79 Å². The molecule has 0 radical (unpaired) electrons. The molecule has 3 rings (SSSR count). The number of carbonyl (C=O) groups excluding carboxylic acids is 2. The number of anilines is 2. The Morgan fingerprint density at radius 1 is 0.974 bits per heavy atom. The maximum absolute atomic E-state index is 12.6. The van der Waals surface area contributed by atoms with Crippen LogP contribution in [0.15, 0.2) is 48.5 Å². The largest absolute Gasteiger partial charge is 0.462 e. The fourth-order valence-corrected chi connectivity index (χ4v) is 4.73. The summed E-state index contributed by atoms with van der Waals surface area (Å²) in [5, 5.41) is 0. The van der Waals surface area contributed by atoms with Gasteiger partial charge < -0.3 is 25.7 Å². The Balaban J connectivity index is 1.47. The summed E-state index contributed by atoms with van der Waals surface area (Å²) in [5.74, 6) is -0.163. The molecule has 0 saturated heterocycles. The molecule has 7 nitrogen and oxygen atoms in total. The van der Waals surface area contributed by atoms with Crippen LogP contribution >= 0.6 is 0 Å². The van der Waals surface area contributed by atoms with Crippen LogP contribution in [0.1, 0.15) is 82.3 Å². The molecule has 0 spiro atoms. The molecule has 0 amide bonds. The van der Waals surface area contributed by atoms with Gasteiger partial charge in [-0.1, -0.05) is 38.8 Å². The minimum Gasteiger partial charge on any atom is -0.462 e. The number of carbonyl (C=O) groups is 2. The monoisotopic (exact) mass is 522 g/mol. The Hall–Kier alpha value is -3.32. The van der Waals surface area contributed by atoms with E-state index < -0.39 is 5.97 Å². The zero-order chi connectivity index (χ0) is 27.3. The molecule has 1 unspecified atom stereocenters. The third-order valence-electron chi connectivity index (χ3n) is 6.88. The summed E-state index contributed by atoms with van der Waals surface area (Å²) in [7, 11) is 0. The molecule has 1 aliphatic rings. The van der Waals surface area contributed by atoms with Crippen molar-refractivity contribution in [2.75, 3.05) is 24.7 Å². The van der Waals surface area contributed by atoms with E-state index in [-0.39, 0.29) is 30.5 Å². The maximum atomic E-state index is 12.6. The minimum atomic E-state index is -0.419. The van der Waals surface area contributed by atoms with E-state index in [9.17, 15) is 9.59 Å². The van der Waals surface area contributed by atoms with Crippen LogP contribution in [0.5, 0.6) is 5.75 Å². The molecule has 0 aliphatic heterocycles. The van der Waals surface area contributed by atoms with Gasteiger partial charge in [-0.3, -0.25) is 4.79 Å². The van der Waals surface area contributed by atoms with E-state index in [4.69, 9.17) is 25.7 Å². The molecule has 1 aliphatic carbocycles. The smallest absolute Gasteiger partial charge is 0.330 e. The van der Waals surface area contributed by atoms with Gasteiger partial charge in [-0.05, 0) is 86.1 Å². The molecule has 206 valence electrons. The van der Waals surface area contributed by atoms with Gasteiger partial charge in [-0.15, -0.1) is 0 Å². The van der Waals surface area contributed by atoms with Crippen LogP contribution in [0.2, 0.25) is 0 Å². The predicted octanol–water partition coefficient (Wildman–Crippen LogP) is 6.27. The van der Waals surface area contributed by atoms with Gasteiger partial charge >= 0.3 is 11.9 Å². The zero-order valence-corrected chi connectivity index (χ0v) is 22.7. The molecule has 0 bridgehead atoms. The maximum Gasteiger partial charge on any atom is 0.330 e. The molecular weight excluding hydrogens is 480 g/mol. The third kappa shape index (κ3) is 9.53. The average molecular weight is 523 g/mol. The number of esters is 2. The Morgan fingerprint density at radius 3 is 2.29 bits per heavy atom. The number of nitrogen functional groups attached to an aromatic ring is 2. The second-order valence-corrected chi connectivity index (χ2v) is 10.1. The number of hydrogen-bond acceptors (Lipinski definition) is 7. The molecule has 38 heavy (non-hydrogen) atoms. The first-order chi connectivity index (χ1) is 18.4. The van der Waals surface area contributed by atoms with Crippen molar-refractivity contribution in [3.63, 3.8) is 0 Å². The van der Waals surface area contributed by atoms with Crippen molar-refractivity contribution in [3.8, 4) is 5.75 Å². The Labute approximate surface area is 226 Å². The van der Waals surface area contributed by atoms with Gasteiger partial charge in [0.25, 0.3) is 0 Å². The van der Waals surface area contributed by atoms with E-state index in [1.807, 2.05) is 24.3 Å². The third-order valence-corrected chi connectivity index (χ3v) is 6.88. The van der Waals surface area contributed by atoms with Crippen LogP contribution < -0.4 is 16.2 Å². The summed E-state index contributed by atoms with van der Waals surface area (Å²) in [6.45, 7) is 5.26. The van der Waals surface area contributed by atoms with Crippen molar-refractivity contribution >= 4 is 29.4 Å². The molecule has 7 heteroatoms. The predicted molar refractivity (Wildman–Crippen MR) is 152 cm³/mol. The van der Waals surface area contributed by atoms with Gasteiger partial charge in [0.05, 0.1) is 18.6 Å². The summed E-state index contributed by atoms with van der Waals surface area (Å²) in [5.41, 5.74) is 14.9. The van der Waals surface area contributed by atoms with Crippen molar-refractivity contribution in [2.45, 2.75) is 77.2 Å².